The van der Waals surface area contributed by atoms with Gasteiger partial charge in [0.25, 0.3) is 0 Å². The van der Waals surface area contributed by atoms with Crippen LogP contribution in [0, 0.1) is 5.92 Å². The third-order valence-corrected chi connectivity index (χ3v) is 7.33. The van der Waals surface area contributed by atoms with E-state index in [4.69, 9.17) is 0 Å². The van der Waals surface area contributed by atoms with E-state index >= 15 is 0 Å². The predicted octanol–water partition coefficient (Wildman–Crippen LogP) is 4.69. The lowest BCUT2D eigenvalue weighted by atomic mass is 9.88. The van der Waals surface area contributed by atoms with Gasteiger partial charge < -0.3 is 9.88 Å². The number of anilines is 2. The highest BCUT2D eigenvalue weighted by Crippen LogP contribution is 2.29. The van der Waals surface area contributed by atoms with E-state index in [1.165, 1.54) is 23.0 Å². The third kappa shape index (κ3) is 4.76. The SMILES string of the molecule is CC(CN1CCN(c2c[nH]c3ccccc23)CC1)N(C(=O)C1CCCCC1)c1ccccn1. The quantitative estimate of drug-likeness (QED) is 0.598. The Morgan fingerprint density at radius 1 is 1.06 bits per heavy atom. The Hall–Kier alpha value is -2.86. The molecule has 1 amide bonds. The molecule has 6 heteroatoms. The van der Waals surface area contributed by atoms with Gasteiger partial charge in [0.2, 0.25) is 5.91 Å². The summed E-state index contributed by atoms with van der Waals surface area (Å²) in [5, 5.41) is 1.29. The summed E-state index contributed by atoms with van der Waals surface area (Å²) in [5.74, 6) is 1.19. The molecule has 1 saturated carbocycles. The van der Waals surface area contributed by atoms with Gasteiger partial charge in [0.05, 0.1) is 5.69 Å². The van der Waals surface area contributed by atoms with Crippen LogP contribution in [0.5, 0.6) is 0 Å². The molecule has 2 fully saturated rings. The van der Waals surface area contributed by atoms with Gasteiger partial charge in [0.15, 0.2) is 0 Å². The molecular formula is C27H35N5O. The average molecular weight is 446 g/mol. The molecule has 1 aliphatic carbocycles. The number of aromatic nitrogens is 2. The van der Waals surface area contributed by atoms with Gasteiger partial charge >= 0.3 is 0 Å². The molecule has 1 aliphatic heterocycles. The number of piperazine rings is 1. The number of benzene rings is 1. The summed E-state index contributed by atoms with van der Waals surface area (Å²) in [5.41, 5.74) is 2.48. The molecule has 1 unspecified atom stereocenters. The second kappa shape index (κ2) is 9.96. The molecule has 1 saturated heterocycles. The van der Waals surface area contributed by atoms with Gasteiger partial charge in [-0.3, -0.25) is 14.6 Å². The molecule has 174 valence electrons. The van der Waals surface area contributed by atoms with Crippen molar-refractivity contribution in [3.05, 3.63) is 54.9 Å². The van der Waals surface area contributed by atoms with Crippen molar-refractivity contribution in [1.82, 2.24) is 14.9 Å². The number of pyridine rings is 1. The third-order valence-electron chi connectivity index (χ3n) is 7.33. The van der Waals surface area contributed by atoms with Gasteiger partial charge in [-0.15, -0.1) is 0 Å². The molecule has 1 atom stereocenters. The van der Waals surface area contributed by atoms with E-state index in [2.05, 4.69) is 57.2 Å². The number of aromatic amines is 1. The summed E-state index contributed by atoms with van der Waals surface area (Å²) in [7, 11) is 0. The van der Waals surface area contributed by atoms with Gasteiger partial charge in [0.1, 0.15) is 5.82 Å². The number of nitrogens with zero attached hydrogens (tertiary/aromatic N) is 4. The first kappa shape index (κ1) is 22.0. The van der Waals surface area contributed by atoms with E-state index in [1.54, 1.807) is 6.20 Å². The second-order valence-electron chi connectivity index (χ2n) is 9.59. The predicted molar refractivity (Wildman–Crippen MR) is 135 cm³/mol. The van der Waals surface area contributed by atoms with E-state index in [0.717, 1.165) is 64.2 Å². The van der Waals surface area contributed by atoms with Gasteiger partial charge in [-0.2, -0.15) is 0 Å². The highest BCUT2D eigenvalue weighted by molar-refractivity contribution is 5.95. The van der Waals surface area contributed by atoms with Crippen LogP contribution in [0.1, 0.15) is 39.0 Å². The molecule has 0 bridgehead atoms. The molecule has 0 radical (unpaired) electrons. The fourth-order valence-electron chi connectivity index (χ4n) is 5.54. The number of hydrogen-bond donors (Lipinski definition) is 1. The molecule has 6 nitrogen and oxygen atoms in total. The Morgan fingerprint density at radius 2 is 1.82 bits per heavy atom. The highest BCUT2D eigenvalue weighted by atomic mass is 16.2. The second-order valence-corrected chi connectivity index (χ2v) is 9.59. The first-order valence-corrected chi connectivity index (χ1v) is 12.5. The number of nitrogens with one attached hydrogen (secondary N) is 1. The van der Waals surface area contributed by atoms with Crippen LogP contribution in [0.4, 0.5) is 11.5 Å². The minimum Gasteiger partial charge on any atom is -0.367 e. The topological polar surface area (TPSA) is 55.5 Å². The number of rotatable bonds is 6. The zero-order valence-corrected chi connectivity index (χ0v) is 19.6. The number of H-pyrrole nitrogens is 1. The number of amides is 1. The van der Waals surface area contributed by atoms with Crippen molar-refractivity contribution in [3.63, 3.8) is 0 Å². The Kier molecular flexibility index (Phi) is 6.63. The normalized spacial score (nSPS) is 19.0. The molecule has 3 aromatic rings. The number of para-hydroxylation sites is 1. The summed E-state index contributed by atoms with van der Waals surface area (Å²) in [6.45, 7) is 7.04. The first-order valence-electron chi connectivity index (χ1n) is 12.5. The smallest absolute Gasteiger partial charge is 0.231 e. The average Bonchev–Trinajstić information content (AvgIpc) is 3.30. The number of fused-ring (bicyclic) bond motifs is 1. The van der Waals surface area contributed by atoms with E-state index in [-0.39, 0.29) is 17.9 Å². The van der Waals surface area contributed by atoms with Crippen molar-refractivity contribution < 1.29 is 4.79 Å². The van der Waals surface area contributed by atoms with Crippen LogP contribution in [0.2, 0.25) is 0 Å². The number of carbonyl (C=O) groups is 1. The van der Waals surface area contributed by atoms with Crippen LogP contribution >= 0.6 is 0 Å². The van der Waals surface area contributed by atoms with Crippen molar-refractivity contribution in [2.45, 2.75) is 45.1 Å². The van der Waals surface area contributed by atoms with Crippen LogP contribution in [0.25, 0.3) is 10.9 Å². The van der Waals surface area contributed by atoms with E-state index in [1.807, 2.05) is 23.1 Å². The van der Waals surface area contributed by atoms with Crippen LogP contribution < -0.4 is 9.80 Å². The molecule has 1 aromatic carbocycles. The van der Waals surface area contributed by atoms with Crippen molar-refractivity contribution in [1.29, 1.82) is 0 Å². The van der Waals surface area contributed by atoms with Crippen molar-refractivity contribution in [2.24, 2.45) is 5.92 Å². The summed E-state index contributed by atoms with van der Waals surface area (Å²) in [6.07, 6.45) is 9.53. The molecule has 2 aromatic heterocycles. The van der Waals surface area contributed by atoms with E-state index < -0.39 is 0 Å². The van der Waals surface area contributed by atoms with Crippen LogP contribution in [0.15, 0.2) is 54.9 Å². The Labute approximate surface area is 196 Å². The lowest BCUT2D eigenvalue weighted by Crippen LogP contribution is -2.53. The van der Waals surface area contributed by atoms with Crippen molar-refractivity contribution in [3.8, 4) is 0 Å². The first-order chi connectivity index (χ1) is 16.2. The van der Waals surface area contributed by atoms with Gasteiger partial charge in [-0.05, 0) is 38.0 Å². The summed E-state index contributed by atoms with van der Waals surface area (Å²) in [4.78, 5) is 28.5. The largest absolute Gasteiger partial charge is 0.367 e. The van der Waals surface area contributed by atoms with Crippen molar-refractivity contribution >= 4 is 28.3 Å². The van der Waals surface area contributed by atoms with Gasteiger partial charge in [0, 0.05) is 68.0 Å². The molecule has 33 heavy (non-hydrogen) atoms. The minimum absolute atomic E-state index is 0.0916. The fourth-order valence-corrected chi connectivity index (χ4v) is 5.54. The zero-order chi connectivity index (χ0) is 22.6. The summed E-state index contributed by atoms with van der Waals surface area (Å²) >= 11 is 0. The molecular weight excluding hydrogens is 410 g/mol. The summed E-state index contributed by atoms with van der Waals surface area (Å²) in [6, 6.07) is 14.5. The maximum absolute atomic E-state index is 13.6. The lowest BCUT2D eigenvalue weighted by Gasteiger charge is -2.39. The fraction of sp³-hybridized carbons (Fsp3) is 0.481. The molecule has 3 heterocycles. The maximum atomic E-state index is 13.6. The number of hydrogen-bond acceptors (Lipinski definition) is 4. The van der Waals surface area contributed by atoms with Crippen molar-refractivity contribution in [2.75, 3.05) is 42.5 Å². The van der Waals surface area contributed by atoms with Gasteiger partial charge in [-0.25, -0.2) is 4.98 Å². The Bertz CT molecular complexity index is 1050. The lowest BCUT2D eigenvalue weighted by molar-refractivity contribution is -0.123. The Balaban J connectivity index is 1.25. The molecule has 0 spiro atoms. The van der Waals surface area contributed by atoms with Crippen LogP contribution in [-0.4, -0.2) is 59.5 Å². The monoisotopic (exact) mass is 445 g/mol. The maximum Gasteiger partial charge on any atom is 0.231 e. The van der Waals surface area contributed by atoms with Crippen LogP contribution in [0.3, 0.4) is 0 Å². The van der Waals surface area contributed by atoms with E-state index in [0.29, 0.717) is 0 Å². The summed E-state index contributed by atoms with van der Waals surface area (Å²) < 4.78 is 0. The molecule has 2 aliphatic rings. The molecule has 5 rings (SSSR count). The standard InChI is InChI=1S/C27H35N5O/c1-21(32(26-13-7-8-14-28-26)27(33)22-9-3-2-4-10-22)20-30-15-17-31(18-16-30)25-19-29-24-12-6-5-11-23(24)25/h5-8,11-14,19,21-22,29H,2-4,9-10,15-18,20H2,1H3. The Morgan fingerprint density at radius 3 is 2.58 bits per heavy atom. The van der Waals surface area contributed by atoms with Crippen LogP contribution in [-0.2, 0) is 4.79 Å². The minimum atomic E-state index is 0.0916. The zero-order valence-electron chi connectivity index (χ0n) is 19.6. The highest BCUT2D eigenvalue weighted by Gasteiger charge is 2.32. The van der Waals surface area contributed by atoms with E-state index in [9.17, 15) is 4.79 Å². The van der Waals surface area contributed by atoms with Gasteiger partial charge in [-0.1, -0.05) is 43.5 Å². The number of carbonyl (C=O) groups excluding carboxylic acids is 1. The molecule has 1 N–H and O–H groups in total.